The maximum absolute atomic E-state index is 15.5. The van der Waals surface area contributed by atoms with Gasteiger partial charge < -0.3 is 14.7 Å². The number of rotatable bonds is 6. The van der Waals surface area contributed by atoms with E-state index in [1.54, 1.807) is 0 Å². The first-order valence-corrected chi connectivity index (χ1v) is 12.3. The van der Waals surface area contributed by atoms with E-state index in [0.717, 1.165) is 54.2 Å². The van der Waals surface area contributed by atoms with Gasteiger partial charge in [0.05, 0.1) is 18.8 Å². The quantitative estimate of drug-likeness (QED) is 0.538. The lowest BCUT2D eigenvalue weighted by Crippen LogP contribution is -2.48. The van der Waals surface area contributed by atoms with Gasteiger partial charge in [0.1, 0.15) is 17.3 Å². The number of aliphatic carboxylic acids is 1. The number of hydrogen-bond donors (Lipinski definition) is 1. The van der Waals surface area contributed by atoms with Crippen molar-refractivity contribution in [3.05, 3.63) is 70.3 Å². The van der Waals surface area contributed by atoms with E-state index < -0.39 is 29.3 Å². The van der Waals surface area contributed by atoms with Gasteiger partial charge in [-0.2, -0.15) is 0 Å². The highest BCUT2D eigenvalue weighted by Gasteiger charge is 2.39. The number of fused-ring (bicyclic) bond motifs is 1. The first kappa shape index (κ1) is 26.2. The summed E-state index contributed by atoms with van der Waals surface area (Å²) in [7, 11) is 0. The highest BCUT2D eigenvalue weighted by molar-refractivity contribution is 5.85. The average Bonchev–Trinajstić information content (AvgIpc) is 2.78. The molecule has 0 radical (unpaired) electrons. The molecule has 1 fully saturated rings. The number of ether oxygens (including phenoxy) is 1. The second-order valence-corrected chi connectivity index (χ2v) is 10.4. The van der Waals surface area contributed by atoms with Crippen LogP contribution in [0.1, 0.15) is 56.0 Å². The zero-order valence-corrected chi connectivity index (χ0v) is 21.1. The van der Waals surface area contributed by atoms with Crippen molar-refractivity contribution in [1.29, 1.82) is 0 Å². The predicted molar refractivity (Wildman–Crippen MR) is 134 cm³/mol. The minimum atomic E-state index is -1.58. The first-order valence-electron chi connectivity index (χ1n) is 12.3. The van der Waals surface area contributed by atoms with Gasteiger partial charge >= 0.3 is 5.97 Å². The van der Waals surface area contributed by atoms with E-state index in [9.17, 15) is 9.18 Å². The standard InChI is InChI=1S/C28H33F3N2O3/c1-17-11-20-14-21(32-9-10-36-18(2)15-32)6-7-22(20)27(33(17)16-28(3,4)31)26-23(29)12-19(13-24(26)30)5-8-25(34)35/h5-8,12-14,17-18,27H,9-11,15-16H2,1-4H3,(H,34,35)/b8-5+/t17-,18?,27+/m0/s1. The van der Waals surface area contributed by atoms with Crippen molar-refractivity contribution in [1.82, 2.24) is 4.90 Å². The van der Waals surface area contributed by atoms with E-state index >= 15 is 8.78 Å². The van der Waals surface area contributed by atoms with E-state index in [4.69, 9.17) is 9.84 Å². The molecule has 1 saturated heterocycles. The third kappa shape index (κ3) is 5.76. The van der Waals surface area contributed by atoms with Gasteiger partial charge in [-0.15, -0.1) is 0 Å². The molecule has 1 unspecified atom stereocenters. The van der Waals surface area contributed by atoms with Crippen molar-refractivity contribution in [2.75, 3.05) is 31.1 Å². The van der Waals surface area contributed by atoms with E-state index in [1.807, 2.05) is 30.9 Å². The summed E-state index contributed by atoms with van der Waals surface area (Å²) in [6.07, 6.45) is 2.71. The lowest BCUT2D eigenvalue weighted by Gasteiger charge is -2.44. The number of morpholine rings is 1. The molecule has 0 aliphatic carbocycles. The van der Waals surface area contributed by atoms with Crippen LogP contribution in [-0.4, -0.2) is 60.0 Å². The van der Waals surface area contributed by atoms with E-state index in [-0.39, 0.29) is 29.8 Å². The molecule has 2 heterocycles. The molecule has 0 aromatic heterocycles. The number of benzene rings is 2. The van der Waals surface area contributed by atoms with Crippen molar-refractivity contribution in [2.24, 2.45) is 0 Å². The molecule has 4 rings (SSSR count). The Labute approximate surface area is 210 Å². The number of carbonyl (C=O) groups is 1. The van der Waals surface area contributed by atoms with Crippen LogP contribution >= 0.6 is 0 Å². The van der Waals surface area contributed by atoms with Crippen molar-refractivity contribution in [3.8, 4) is 0 Å². The van der Waals surface area contributed by atoms with Gasteiger partial charge in [0.15, 0.2) is 0 Å². The molecule has 1 N–H and O–H groups in total. The summed E-state index contributed by atoms with van der Waals surface area (Å²) >= 11 is 0. The molecular weight excluding hydrogens is 469 g/mol. The molecule has 0 bridgehead atoms. The summed E-state index contributed by atoms with van der Waals surface area (Å²) in [5.74, 6) is -2.80. The molecule has 2 aliphatic rings. The van der Waals surface area contributed by atoms with Crippen molar-refractivity contribution < 1.29 is 27.8 Å². The molecule has 0 spiro atoms. The summed E-state index contributed by atoms with van der Waals surface area (Å²) in [5.41, 5.74) is 1.12. The largest absolute Gasteiger partial charge is 0.478 e. The van der Waals surface area contributed by atoms with Crippen LogP contribution in [0.25, 0.3) is 6.08 Å². The second kappa shape index (κ2) is 10.3. The smallest absolute Gasteiger partial charge is 0.328 e. The normalized spacial score (nSPS) is 23.2. The monoisotopic (exact) mass is 502 g/mol. The van der Waals surface area contributed by atoms with Crippen LogP contribution in [0.2, 0.25) is 0 Å². The Kier molecular flexibility index (Phi) is 7.48. The molecule has 0 amide bonds. The number of alkyl halides is 1. The summed E-state index contributed by atoms with van der Waals surface area (Å²) < 4.78 is 51.5. The van der Waals surface area contributed by atoms with Gasteiger partial charge in [0.2, 0.25) is 0 Å². The summed E-state index contributed by atoms with van der Waals surface area (Å²) in [6.45, 7) is 9.05. The van der Waals surface area contributed by atoms with Crippen LogP contribution in [0.15, 0.2) is 36.4 Å². The Morgan fingerprint density at radius 3 is 2.50 bits per heavy atom. The fourth-order valence-corrected chi connectivity index (χ4v) is 5.29. The van der Waals surface area contributed by atoms with Crippen LogP contribution < -0.4 is 4.90 Å². The van der Waals surface area contributed by atoms with Gasteiger partial charge in [-0.1, -0.05) is 6.07 Å². The van der Waals surface area contributed by atoms with Crippen LogP contribution in [-0.2, 0) is 16.0 Å². The van der Waals surface area contributed by atoms with Crippen molar-refractivity contribution in [2.45, 2.75) is 58.0 Å². The number of anilines is 1. The van der Waals surface area contributed by atoms with E-state index in [2.05, 4.69) is 11.0 Å². The number of carboxylic acids is 1. The highest BCUT2D eigenvalue weighted by Crippen LogP contribution is 2.42. The molecule has 194 valence electrons. The van der Waals surface area contributed by atoms with Gasteiger partial charge in [-0.3, -0.25) is 4.90 Å². The van der Waals surface area contributed by atoms with Crippen molar-refractivity contribution >= 4 is 17.7 Å². The number of carboxylic acid groups (broad SMARTS) is 1. The molecule has 2 aromatic carbocycles. The van der Waals surface area contributed by atoms with Gasteiger partial charge in [0.25, 0.3) is 0 Å². The molecule has 2 aliphatic heterocycles. The van der Waals surface area contributed by atoms with E-state index in [1.165, 1.54) is 13.8 Å². The Hall–Kier alpha value is -2.84. The number of nitrogens with zero attached hydrogens (tertiary/aromatic N) is 2. The molecule has 5 nitrogen and oxygen atoms in total. The van der Waals surface area contributed by atoms with Crippen LogP contribution in [0.5, 0.6) is 0 Å². The molecule has 36 heavy (non-hydrogen) atoms. The van der Waals surface area contributed by atoms with E-state index in [0.29, 0.717) is 13.0 Å². The Balaban J connectivity index is 1.80. The summed E-state index contributed by atoms with van der Waals surface area (Å²) in [5, 5.41) is 8.86. The minimum absolute atomic E-state index is 0.000547. The van der Waals surface area contributed by atoms with Crippen LogP contribution in [0.4, 0.5) is 18.9 Å². The zero-order chi connectivity index (χ0) is 26.2. The third-order valence-corrected chi connectivity index (χ3v) is 6.79. The maximum Gasteiger partial charge on any atom is 0.328 e. The number of hydrogen-bond acceptors (Lipinski definition) is 4. The molecular formula is C28H33F3N2O3. The zero-order valence-electron chi connectivity index (χ0n) is 21.1. The second-order valence-electron chi connectivity index (χ2n) is 10.4. The third-order valence-electron chi connectivity index (χ3n) is 6.79. The van der Waals surface area contributed by atoms with Gasteiger partial charge in [-0.05, 0) is 81.1 Å². The minimum Gasteiger partial charge on any atom is -0.478 e. The fraction of sp³-hybridized carbons (Fsp3) is 0.464. The predicted octanol–water partition coefficient (Wildman–Crippen LogP) is 5.37. The molecule has 2 aromatic rings. The fourth-order valence-electron chi connectivity index (χ4n) is 5.29. The van der Waals surface area contributed by atoms with Crippen molar-refractivity contribution in [3.63, 3.8) is 0 Å². The van der Waals surface area contributed by atoms with Gasteiger partial charge in [0, 0.05) is 43.0 Å². The highest BCUT2D eigenvalue weighted by atomic mass is 19.1. The SMILES string of the molecule is CC1CN(c2ccc3c(c2)C[C@H](C)N(CC(C)(C)F)[C@H]3c2c(F)cc(/C=C/C(=O)O)cc2F)CCO1. The lowest BCUT2D eigenvalue weighted by molar-refractivity contribution is -0.131. The van der Waals surface area contributed by atoms with Crippen LogP contribution in [0.3, 0.4) is 0 Å². The average molecular weight is 503 g/mol. The topological polar surface area (TPSA) is 53.0 Å². The Morgan fingerprint density at radius 2 is 1.89 bits per heavy atom. The number of halogens is 3. The first-order chi connectivity index (χ1) is 16.9. The Morgan fingerprint density at radius 1 is 1.19 bits per heavy atom. The van der Waals surface area contributed by atoms with Crippen LogP contribution in [0, 0.1) is 11.6 Å². The molecule has 3 atom stereocenters. The molecule has 8 heteroatoms. The summed E-state index contributed by atoms with van der Waals surface area (Å²) in [6, 6.07) is 7.19. The van der Waals surface area contributed by atoms with Gasteiger partial charge in [-0.25, -0.2) is 18.0 Å². The summed E-state index contributed by atoms with van der Waals surface area (Å²) in [4.78, 5) is 14.9. The Bertz CT molecular complexity index is 1140. The molecule has 0 saturated carbocycles. The lowest BCUT2D eigenvalue weighted by atomic mass is 9.83. The maximum atomic E-state index is 15.5.